The zero-order valence-corrected chi connectivity index (χ0v) is 16.3. The highest BCUT2D eigenvalue weighted by molar-refractivity contribution is 9.10. The molecule has 8 heteroatoms. The number of piperidine rings is 1. The first-order valence-electron chi connectivity index (χ1n) is 8.58. The second kappa shape index (κ2) is 7.51. The lowest BCUT2D eigenvalue weighted by atomic mass is 10.1. The van der Waals surface area contributed by atoms with Crippen LogP contribution >= 0.6 is 28.3 Å². The van der Waals surface area contributed by atoms with Gasteiger partial charge in [0.05, 0.1) is 21.2 Å². The van der Waals surface area contributed by atoms with Crippen LogP contribution in [0.25, 0.3) is 11.0 Å². The van der Waals surface area contributed by atoms with Crippen LogP contribution in [0.5, 0.6) is 0 Å². The van der Waals surface area contributed by atoms with Gasteiger partial charge in [-0.25, -0.2) is 4.98 Å². The molecule has 3 heterocycles. The highest BCUT2D eigenvalue weighted by atomic mass is 79.9. The highest BCUT2D eigenvalue weighted by Crippen LogP contribution is 2.39. The Labute approximate surface area is 161 Å². The van der Waals surface area contributed by atoms with Gasteiger partial charge < -0.3 is 20.9 Å². The number of carbonyl (C=O) groups is 1. The lowest BCUT2D eigenvalue weighted by Gasteiger charge is -2.33. The molecule has 0 radical (unpaired) electrons. The summed E-state index contributed by atoms with van der Waals surface area (Å²) in [7, 11) is 0. The van der Waals surface area contributed by atoms with Crippen LogP contribution in [0.15, 0.2) is 16.9 Å². The third-order valence-electron chi connectivity index (χ3n) is 4.85. The summed E-state index contributed by atoms with van der Waals surface area (Å²) in [6.45, 7) is 1.78. The second-order valence-corrected chi connectivity index (χ2v) is 7.78. The molecule has 2 aromatic rings. The molecule has 0 unspecified atom stereocenters. The Hall–Kier alpha value is -1.31. The van der Waals surface area contributed by atoms with Crippen molar-refractivity contribution in [2.24, 2.45) is 11.7 Å². The Morgan fingerprint density at radius 3 is 2.96 bits per heavy atom. The van der Waals surface area contributed by atoms with Crippen molar-refractivity contribution in [1.29, 1.82) is 0 Å². The number of H-pyrrole nitrogens is 1. The second-order valence-electron chi connectivity index (χ2n) is 6.92. The van der Waals surface area contributed by atoms with Gasteiger partial charge >= 0.3 is 0 Å². The van der Waals surface area contributed by atoms with E-state index >= 15 is 0 Å². The normalized spacial score (nSPS) is 20.4. The fourth-order valence-corrected chi connectivity index (χ4v) is 4.01. The van der Waals surface area contributed by atoms with Gasteiger partial charge in [0.1, 0.15) is 5.65 Å². The number of carbonyl (C=O) groups excluding carboxylic acids is 1. The van der Waals surface area contributed by atoms with Gasteiger partial charge in [-0.1, -0.05) is 0 Å². The molecule has 0 bridgehead atoms. The van der Waals surface area contributed by atoms with E-state index in [9.17, 15) is 4.79 Å². The number of aromatic amines is 1. The number of nitrogens with two attached hydrogens (primary N) is 1. The number of aromatic nitrogens is 2. The molecule has 2 fully saturated rings. The first-order valence-corrected chi connectivity index (χ1v) is 9.37. The van der Waals surface area contributed by atoms with Crippen LogP contribution in [-0.2, 0) is 4.79 Å². The maximum absolute atomic E-state index is 12.2. The molecular formula is C17H23BrClN5O. The number of fused-ring (bicyclic) bond motifs is 1. The Bertz CT molecular complexity index is 776. The predicted molar refractivity (Wildman–Crippen MR) is 106 cm³/mol. The van der Waals surface area contributed by atoms with E-state index in [0.717, 1.165) is 52.8 Å². The average Bonchev–Trinajstić information content (AvgIpc) is 3.27. The molecule has 0 aromatic carbocycles. The molecule has 6 nitrogen and oxygen atoms in total. The lowest BCUT2D eigenvalue weighted by Crippen LogP contribution is -2.43. The third kappa shape index (κ3) is 3.93. The van der Waals surface area contributed by atoms with Crippen molar-refractivity contribution in [2.75, 3.05) is 23.3 Å². The van der Waals surface area contributed by atoms with Gasteiger partial charge in [0.15, 0.2) is 0 Å². The van der Waals surface area contributed by atoms with Crippen molar-refractivity contribution in [1.82, 2.24) is 9.97 Å². The quantitative estimate of drug-likeness (QED) is 0.696. The fourth-order valence-electron chi connectivity index (χ4n) is 3.46. The zero-order valence-electron chi connectivity index (χ0n) is 13.9. The molecule has 1 amide bonds. The highest BCUT2D eigenvalue weighted by Gasteiger charge is 2.26. The number of hydrogen-bond acceptors (Lipinski definition) is 4. The largest absolute Gasteiger partial charge is 0.368 e. The van der Waals surface area contributed by atoms with Crippen LogP contribution in [0.2, 0.25) is 0 Å². The summed E-state index contributed by atoms with van der Waals surface area (Å²) < 4.78 is 0.932. The summed E-state index contributed by atoms with van der Waals surface area (Å²) in [5.74, 6) is 0.652. The van der Waals surface area contributed by atoms with Gasteiger partial charge in [-0.2, -0.15) is 0 Å². The number of amides is 1. The van der Waals surface area contributed by atoms with Gasteiger partial charge in [0, 0.05) is 37.9 Å². The molecule has 1 saturated carbocycles. The molecule has 2 aromatic heterocycles. The summed E-state index contributed by atoms with van der Waals surface area (Å²) in [6, 6.07) is 0.181. The van der Waals surface area contributed by atoms with Crippen LogP contribution in [0.3, 0.4) is 0 Å². The molecular weight excluding hydrogens is 406 g/mol. The molecule has 1 aliphatic heterocycles. The van der Waals surface area contributed by atoms with Crippen LogP contribution in [-0.4, -0.2) is 35.0 Å². The van der Waals surface area contributed by atoms with E-state index in [1.165, 1.54) is 12.8 Å². The molecule has 2 aliphatic rings. The van der Waals surface area contributed by atoms with E-state index in [4.69, 9.17) is 5.73 Å². The average molecular weight is 429 g/mol. The van der Waals surface area contributed by atoms with Crippen molar-refractivity contribution in [3.8, 4) is 0 Å². The van der Waals surface area contributed by atoms with Crippen LogP contribution in [0, 0.1) is 5.92 Å². The van der Waals surface area contributed by atoms with Gasteiger partial charge in [-0.05, 0) is 47.5 Å². The number of rotatable bonds is 4. The molecule has 1 saturated heterocycles. The summed E-state index contributed by atoms with van der Waals surface area (Å²) in [6.07, 6.45) is 8.73. The number of nitrogens with one attached hydrogen (secondary N) is 2. The topological polar surface area (TPSA) is 87.0 Å². The Morgan fingerprint density at radius 2 is 2.24 bits per heavy atom. The van der Waals surface area contributed by atoms with E-state index in [1.807, 2.05) is 12.4 Å². The smallest absolute Gasteiger partial charge is 0.224 e. The van der Waals surface area contributed by atoms with Gasteiger partial charge in [0.25, 0.3) is 0 Å². The number of halogens is 2. The molecule has 25 heavy (non-hydrogen) atoms. The van der Waals surface area contributed by atoms with E-state index < -0.39 is 0 Å². The molecule has 4 rings (SSSR count). The molecule has 1 aliphatic carbocycles. The van der Waals surface area contributed by atoms with Crippen LogP contribution < -0.4 is 16.0 Å². The fraction of sp³-hybridized carbons (Fsp3) is 0.529. The summed E-state index contributed by atoms with van der Waals surface area (Å²) >= 11 is 3.64. The van der Waals surface area contributed by atoms with Crippen molar-refractivity contribution >= 4 is 56.7 Å². The van der Waals surface area contributed by atoms with Gasteiger partial charge in [0.2, 0.25) is 5.91 Å². The zero-order chi connectivity index (χ0) is 16.7. The number of nitrogens with zero attached hydrogens (tertiary/aromatic N) is 2. The summed E-state index contributed by atoms with van der Waals surface area (Å²) in [4.78, 5) is 22.2. The standard InChI is InChI=1S/C17H22BrN5O.ClH/c18-12-7-20-17-15(16(12)23-5-1-2-11(19)9-23)13(8-21-17)22-14(24)6-10-3-4-10;/h7-8,10-11H,1-6,9,19H2,(H,20,21)(H,22,24);1H/t11-;/m1./s1. The minimum Gasteiger partial charge on any atom is -0.368 e. The summed E-state index contributed by atoms with van der Waals surface area (Å²) in [5, 5.41) is 4.03. The molecule has 136 valence electrons. The van der Waals surface area contributed by atoms with Crippen molar-refractivity contribution < 1.29 is 4.79 Å². The van der Waals surface area contributed by atoms with Gasteiger partial charge in [-0.15, -0.1) is 12.4 Å². The first kappa shape index (κ1) is 18.5. The molecule has 4 N–H and O–H groups in total. The SMILES string of the molecule is Cl.N[C@@H]1CCCN(c2c(Br)cnc3[nH]cc(NC(=O)CC4CC4)c23)C1. The van der Waals surface area contributed by atoms with E-state index in [2.05, 4.69) is 36.1 Å². The van der Waals surface area contributed by atoms with E-state index in [-0.39, 0.29) is 24.4 Å². The lowest BCUT2D eigenvalue weighted by molar-refractivity contribution is -0.116. The Kier molecular flexibility index (Phi) is 5.55. The minimum absolute atomic E-state index is 0. The number of anilines is 2. The van der Waals surface area contributed by atoms with E-state index in [1.54, 1.807) is 0 Å². The van der Waals surface area contributed by atoms with E-state index in [0.29, 0.717) is 12.3 Å². The van der Waals surface area contributed by atoms with Crippen LogP contribution in [0.1, 0.15) is 32.1 Å². The van der Waals surface area contributed by atoms with Crippen molar-refractivity contribution in [2.45, 2.75) is 38.1 Å². The molecule has 0 spiro atoms. The van der Waals surface area contributed by atoms with Crippen molar-refractivity contribution in [3.63, 3.8) is 0 Å². The van der Waals surface area contributed by atoms with Crippen molar-refractivity contribution in [3.05, 3.63) is 16.9 Å². The third-order valence-corrected chi connectivity index (χ3v) is 5.43. The maximum Gasteiger partial charge on any atom is 0.224 e. The monoisotopic (exact) mass is 427 g/mol. The van der Waals surface area contributed by atoms with Gasteiger partial charge in [-0.3, -0.25) is 4.79 Å². The predicted octanol–water partition coefficient (Wildman–Crippen LogP) is 3.41. The number of hydrogen-bond donors (Lipinski definition) is 3. The maximum atomic E-state index is 12.2. The summed E-state index contributed by atoms with van der Waals surface area (Å²) in [5.41, 5.74) is 8.82. The number of pyridine rings is 1. The Balaban J connectivity index is 0.00000182. The Morgan fingerprint density at radius 1 is 1.44 bits per heavy atom. The minimum atomic E-state index is 0. The molecule has 1 atom stereocenters. The van der Waals surface area contributed by atoms with Crippen LogP contribution in [0.4, 0.5) is 11.4 Å². The first-order chi connectivity index (χ1) is 11.6.